The third-order valence-electron chi connectivity index (χ3n) is 2.95. The average molecular weight is 260 g/mol. The van der Waals surface area contributed by atoms with Crippen molar-refractivity contribution in [3.63, 3.8) is 0 Å². The van der Waals surface area contributed by atoms with Crippen molar-refractivity contribution >= 4 is 0 Å². The first-order valence-corrected chi connectivity index (χ1v) is 6.61. The second-order valence-corrected chi connectivity index (χ2v) is 4.39. The summed E-state index contributed by atoms with van der Waals surface area (Å²) in [6.45, 7) is 1.79. The summed E-state index contributed by atoms with van der Waals surface area (Å²) in [7, 11) is 1.66. The number of nitrogens with zero attached hydrogens (tertiary/aromatic N) is 2. The molecular formula is C15H20N2O2. The lowest BCUT2D eigenvalue weighted by Gasteiger charge is -2.07. The molecule has 1 heterocycles. The number of aromatic nitrogens is 2. The van der Waals surface area contributed by atoms with Crippen molar-refractivity contribution in [2.45, 2.75) is 25.8 Å². The molecule has 0 saturated carbocycles. The van der Waals surface area contributed by atoms with E-state index in [2.05, 4.69) is 9.55 Å². The molecule has 0 fully saturated rings. The van der Waals surface area contributed by atoms with E-state index in [4.69, 9.17) is 9.47 Å². The molecule has 0 bridgehead atoms. The maximum atomic E-state index is 5.67. The predicted octanol–water partition coefficient (Wildman–Crippen LogP) is 3.14. The Labute approximate surface area is 114 Å². The monoisotopic (exact) mass is 260 g/mol. The zero-order valence-electron chi connectivity index (χ0n) is 11.3. The molecule has 2 aromatic rings. The van der Waals surface area contributed by atoms with Gasteiger partial charge in [0, 0.05) is 18.9 Å². The van der Waals surface area contributed by atoms with Crippen LogP contribution in [0.3, 0.4) is 0 Å². The van der Waals surface area contributed by atoms with Crippen molar-refractivity contribution in [2.24, 2.45) is 0 Å². The van der Waals surface area contributed by atoms with Gasteiger partial charge in [-0.25, -0.2) is 4.98 Å². The lowest BCUT2D eigenvalue weighted by molar-refractivity contribution is 0.303. The summed E-state index contributed by atoms with van der Waals surface area (Å²) >= 11 is 0. The van der Waals surface area contributed by atoms with Crippen LogP contribution < -0.4 is 9.47 Å². The summed E-state index contributed by atoms with van der Waals surface area (Å²) in [5, 5.41) is 0. The van der Waals surface area contributed by atoms with Crippen LogP contribution in [0.25, 0.3) is 0 Å². The van der Waals surface area contributed by atoms with Gasteiger partial charge in [-0.1, -0.05) is 0 Å². The number of ether oxygens (including phenoxy) is 2. The van der Waals surface area contributed by atoms with Crippen LogP contribution in [-0.2, 0) is 6.54 Å². The second-order valence-electron chi connectivity index (χ2n) is 4.39. The number of aryl methyl sites for hydroxylation is 1. The molecule has 0 aliphatic carbocycles. The molecule has 1 aromatic carbocycles. The molecule has 102 valence electrons. The van der Waals surface area contributed by atoms with Crippen molar-refractivity contribution < 1.29 is 9.47 Å². The van der Waals surface area contributed by atoms with Crippen LogP contribution >= 0.6 is 0 Å². The van der Waals surface area contributed by atoms with Crippen LogP contribution in [0, 0.1) is 0 Å². The highest BCUT2D eigenvalue weighted by Gasteiger charge is 1.96. The van der Waals surface area contributed by atoms with Gasteiger partial charge in [0.25, 0.3) is 0 Å². The first kappa shape index (κ1) is 13.5. The van der Waals surface area contributed by atoms with Crippen LogP contribution in [0.2, 0.25) is 0 Å². The molecule has 4 nitrogen and oxygen atoms in total. The van der Waals surface area contributed by atoms with E-state index < -0.39 is 0 Å². The van der Waals surface area contributed by atoms with Gasteiger partial charge >= 0.3 is 0 Å². The maximum absolute atomic E-state index is 5.67. The summed E-state index contributed by atoms with van der Waals surface area (Å²) in [4.78, 5) is 4.02. The third kappa shape index (κ3) is 4.66. The zero-order valence-corrected chi connectivity index (χ0v) is 11.3. The molecule has 0 saturated heterocycles. The molecule has 0 atom stereocenters. The number of benzene rings is 1. The molecule has 0 radical (unpaired) electrons. The Hall–Kier alpha value is -1.97. The van der Waals surface area contributed by atoms with E-state index in [1.807, 2.05) is 43.0 Å². The fourth-order valence-corrected chi connectivity index (χ4v) is 1.85. The topological polar surface area (TPSA) is 36.3 Å². The minimum absolute atomic E-state index is 0.760. The highest BCUT2D eigenvalue weighted by atomic mass is 16.5. The molecule has 0 aliphatic heterocycles. The van der Waals surface area contributed by atoms with Crippen LogP contribution in [0.15, 0.2) is 43.0 Å². The number of imidazole rings is 1. The summed E-state index contributed by atoms with van der Waals surface area (Å²) in [6, 6.07) is 7.69. The van der Waals surface area contributed by atoms with Gasteiger partial charge in [0.05, 0.1) is 20.0 Å². The van der Waals surface area contributed by atoms with E-state index in [9.17, 15) is 0 Å². The Morgan fingerprint density at radius 3 is 2.53 bits per heavy atom. The predicted molar refractivity (Wildman–Crippen MR) is 74.6 cm³/mol. The Bertz CT molecular complexity index is 452. The normalized spacial score (nSPS) is 10.4. The molecule has 0 unspecified atom stereocenters. The van der Waals surface area contributed by atoms with Crippen molar-refractivity contribution in [2.75, 3.05) is 13.7 Å². The number of unbranched alkanes of at least 4 members (excludes halogenated alkanes) is 2. The van der Waals surface area contributed by atoms with E-state index >= 15 is 0 Å². The Morgan fingerprint density at radius 2 is 1.84 bits per heavy atom. The first-order valence-electron chi connectivity index (χ1n) is 6.61. The fraction of sp³-hybridized carbons (Fsp3) is 0.400. The summed E-state index contributed by atoms with van der Waals surface area (Å²) < 4.78 is 12.9. The largest absolute Gasteiger partial charge is 0.497 e. The van der Waals surface area contributed by atoms with Gasteiger partial charge in [-0.05, 0) is 43.5 Å². The van der Waals surface area contributed by atoms with Gasteiger partial charge in [-0.15, -0.1) is 0 Å². The minimum atomic E-state index is 0.760. The molecule has 0 spiro atoms. The highest BCUT2D eigenvalue weighted by molar-refractivity contribution is 5.31. The lowest BCUT2D eigenvalue weighted by Crippen LogP contribution is -1.99. The second kappa shape index (κ2) is 7.46. The standard InChI is InChI=1S/C15H20N2O2/c1-18-14-5-7-15(8-6-14)19-12-4-2-3-10-17-11-9-16-13-17/h5-9,11,13H,2-4,10,12H2,1H3. The van der Waals surface area contributed by atoms with Gasteiger partial charge in [-0.2, -0.15) is 0 Å². The molecule has 2 rings (SSSR count). The Balaban J connectivity index is 1.56. The third-order valence-corrected chi connectivity index (χ3v) is 2.95. The van der Waals surface area contributed by atoms with Crippen LogP contribution in [0.1, 0.15) is 19.3 Å². The van der Waals surface area contributed by atoms with Crippen molar-refractivity contribution in [1.82, 2.24) is 9.55 Å². The summed E-state index contributed by atoms with van der Waals surface area (Å²) in [5.41, 5.74) is 0. The van der Waals surface area contributed by atoms with E-state index in [0.717, 1.165) is 43.9 Å². The summed E-state index contributed by atoms with van der Waals surface area (Å²) in [5.74, 6) is 1.75. The molecule has 4 heteroatoms. The molecule has 0 amide bonds. The van der Waals surface area contributed by atoms with Crippen LogP contribution in [0.4, 0.5) is 0 Å². The van der Waals surface area contributed by atoms with Gasteiger partial charge in [0.15, 0.2) is 0 Å². The number of methoxy groups -OCH3 is 1. The van der Waals surface area contributed by atoms with Crippen LogP contribution in [-0.4, -0.2) is 23.3 Å². The Kier molecular flexibility index (Phi) is 5.29. The first-order chi connectivity index (χ1) is 9.38. The van der Waals surface area contributed by atoms with Gasteiger partial charge < -0.3 is 14.0 Å². The Morgan fingerprint density at radius 1 is 1.05 bits per heavy atom. The average Bonchev–Trinajstić information content (AvgIpc) is 2.96. The molecule has 0 N–H and O–H groups in total. The number of rotatable bonds is 8. The molecular weight excluding hydrogens is 240 g/mol. The van der Waals surface area contributed by atoms with E-state index in [0.29, 0.717) is 0 Å². The van der Waals surface area contributed by atoms with E-state index in [-0.39, 0.29) is 0 Å². The van der Waals surface area contributed by atoms with Crippen molar-refractivity contribution in [3.8, 4) is 11.5 Å². The van der Waals surface area contributed by atoms with Crippen molar-refractivity contribution in [1.29, 1.82) is 0 Å². The highest BCUT2D eigenvalue weighted by Crippen LogP contribution is 2.17. The molecule has 0 aliphatic rings. The van der Waals surface area contributed by atoms with E-state index in [1.54, 1.807) is 7.11 Å². The summed E-state index contributed by atoms with van der Waals surface area (Å²) in [6.07, 6.45) is 9.05. The van der Waals surface area contributed by atoms with Crippen molar-refractivity contribution in [3.05, 3.63) is 43.0 Å². The maximum Gasteiger partial charge on any atom is 0.119 e. The smallest absolute Gasteiger partial charge is 0.119 e. The van der Waals surface area contributed by atoms with Gasteiger partial charge in [0.1, 0.15) is 11.5 Å². The lowest BCUT2D eigenvalue weighted by atomic mass is 10.2. The fourth-order valence-electron chi connectivity index (χ4n) is 1.85. The molecule has 1 aromatic heterocycles. The quantitative estimate of drug-likeness (QED) is 0.684. The molecule has 19 heavy (non-hydrogen) atoms. The zero-order chi connectivity index (χ0) is 13.3. The SMILES string of the molecule is COc1ccc(OCCCCCn2ccnc2)cc1. The van der Waals surface area contributed by atoms with Crippen LogP contribution in [0.5, 0.6) is 11.5 Å². The number of hydrogen-bond donors (Lipinski definition) is 0. The van der Waals surface area contributed by atoms with E-state index in [1.165, 1.54) is 0 Å². The van der Waals surface area contributed by atoms with Gasteiger partial charge in [-0.3, -0.25) is 0 Å². The minimum Gasteiger partial charge on any atom is -0.497 e. The van der Waals surface area contributed by atoms with Gasteiger partial charge in [0.2, 0.25) is 0 Å². The number of hydrogen-bond acceptors (Lipinski definition) is 3.